The van der Waals surface area contributed by atoms with E-state index in [4.69, 9.17) is 0 Å². The summed E-state index contributed by atoms with van der Waals surface area (Å²) in [6.07, 6.45) is 16.7. The lowest BCUT2D eigenvalue weighted by Gasteiger charge is -2.53. The molecule has 4 aliphatic rings. The molecule has 0 spiro atoms. The van der Waals surface area contributed by atoms with Gasteiger partial charge in [-0.1, -0.05) is 18.6 Å². The summed E-state index contributed by atoms with van der Waals surface area (Å²) in [6, 6.07) is 0. The van der Waals surface area contributed by atoms with E-state index < -0.39 is 0 Å². The summed E-state index contributed by atoms with van der Waals surface area (Å²) in [4.78, 5) is 17.2. The quantitative estimate of drug-likeness (QED) is 0.821. The first-order valence-corrected chi connectivity index (χ1v) is 10.9. The third kappa shape index (κ3) is 2.83. The minimum absolute atomic E-state index is 0.116. The third-order valence-electron chi connectivity index (χ3n) is 8.71. The number of aliphatic hydroxyl groups is 1. The maximum absolute atomic E-state index is 13.1. The Labute approximate surface area is 162 Å². The van der Waals surface area contributed by atoms with Crippen LogP contribution in [0.15, 0.2) is 30.4 Å². The van der Waals surface area contributed by atoms with Gasteiger partial charge in [0.1, 0.15) is 0 Å². The van der Waals surface area contributed by atoms with Crippen molar-refractivity contribution in [1.29, 1.82) is 0 Å². The van der Waals surface area contributed by atoms with Crippen LogP contribution in [-0.4, -0.2) is 26.5 Å². The molecule has 1 heterocycles. The van der Waals surface area contributed by atoms with Crippen molar-refractivity contribution in [3.05, 3.63) is 30.4 Å². The predicted octanol–water partition coefficient (Wildman–Crippen LogP) is 4.00. The molecule has 3 saturated carbocycles. The highest BCUT2D eigenvalue weighted by Gasteiger charge is 2.57. The van der Waals surface area contributed by atoms with Crippen molar-refractivity contribution in [2.45, 2.75) is 70.9 Å². The molecule has 0 aromatic carbocycles. The number of carbonyl (C=O) groups is 1. The van der Waals surface area contributed by atoms with Crippen LogP contribution < -0.4 is 0 Å². The van der Waals surface area contributed by atoms with Crippen molar-refractivity contribution in [2.24, 2.45) is 35.0 Å². The zero-order valence-electron chi connectivity index (χ0n) is 16.4. The topological polar surface area (TPSA) is 55.1 Å². The van der Waals surface area contributed by atoms with E-state index in [1.165, 1.54) is 32.1 Å². The standard InChI is InChI=1S/C23H32N2O2/c1-23-9-8-18-17-5-3-16(26)12-15(17)2-4-19(18)20(23)6-7-21(23)22(27)13-25-11-10-24-14-25/h2,10-11,14,16-21,26H,3-9,12-13H2,1H3. The van der Waals surface area contributed by atoms with Crippen molar-refractivity contribution in [3.8, 4) is 0 Å². The molecule has 0 amide bonds. The fraction of sp³-hybridized carbons (Fsp3) is 0.739. The second kappa shape index (κ2) is 6.58. The van der Waals surface area contributed by atoms with Crippen LogP contribution >= 0.6 is 0 Å². The Balaban J connectivity index is 1.36. The number of ketones is 1. The Bertz CT molecular complexity index is 740. The predicted molar refractivity (Wildman–Crippen MR) is 104 cm³/mol. The number of rotatable bonds is 3. The van der Waals surface area contributed by atoms with Crippen molar-refractivity contribution >= 4 is 5.78 Å². The summed E-state index contributed by atoms with van der Waals surface area (Å²) in [5, 5.41) is 10.1. The Morgan fingerprint density at radius 3 is 2.96 bits per heavy atom. The first-order valence-electron chi connectivity index (χ1n) is 10.9. The Kier molecular flexibility index (Phi) is 4.30. The van der Waals surface area contributed by atoms with E-state index in [0.29, 0.717) is 24.2 Å². The van der Waals surface area contributed by atoms with E-state index in [1.807, 2.05) is 10.8 Å². The number of aromatic nitrogens is 2. The molecule has 4 heteroatoms. The summed E-state index contributed by atoms with van der Waals surface area (Å²) in [5.41, 5.74) is 1.72. The van der Waals surface area contributed by atoms with E-state index in [1.54, 1.807) is 18.1 Å². The summed E-state index contributed by atoms with van der Waals surface area (Å²) in [7, 11) is 0. The highest BCUT2D eigenvalue weighted by atomic mass is 16.3. The van der Waals surface area contributed by atoms with Gasteiger partial charge in [0.15, 0.2) is 5.78 Å². The molecule has 0 aliphatic heterocycles. The highest BCUT2D eigenvalue weighted by molar-refractivity contribution is 5.82. The second-order valence-corrected chi connectivity index (χ2v) is 9.87. The number of carbonyl (C=O) groups excluding carboxylic acids is 1. The van der Waals surface area contributed by atoms with Crippen molar-refractivity contribution < 1.29 is 9.90 Å². The largest absolute Gasteiger partial charge is 0.393 e. The van der Waals surface area contributed by atoms with Gasteiger partial charge >= 0.3 is 0 Å². The minimum Gasteiger partial charge on any atom is -0.393 e. The van der Waals surface area contributed by atoms with Crippen LogP contribution in [0.25, 0.3) is 0 Å². The number of imidazole rings is 1. The maximum atomic E-state index is 13.1. The molecule has 1 aromatic heterocycles. The molecular weight excluding hydrogens is 336 g/mol. The van der Waals surface area contributed by atoms with Gasteiger partial charge in [0.2, 0.25) is 0 Å². The molecule has 0 bridgehead atoms. The van der Waals surface area contributed by atoms with E-state index >= 15 is 0 Å². The van der Waals surface area contributed by atoms with E-state index in [0.717, 1.165) is 31.1 Å². The number of hydrogen-bond acceptors (Lipinski definition) is 3. The lowest BCUT2D eigenvalue weighted by atomic mass is 9.51. The third-order valence-corrected chi connectivity index (χ3v) is 8.71. The van der Waals surface area contributed by atoms with Crippen molar-refractivity contribution in [1.82, 2.24) is 9.55 Å². The average Bonchev–Trinajstić information content (AvgIpc) is 3.28. The number of Topliss-reactive ketones (excluding diaryl/α,β-unsaturated/α-hetero) is 1. The maximum Gasteiger partial charge on any atom is 0.156 e. The Morgan fingerprint density at radius 2 is 2.15 bits per heavy atom. The zero-order valence-corrected chi connectivity index (χ0v) is 16.4. The number of nitrogens with zero attached hydrogens (tertiary/aromatic N) is 2. The SMILES string of the molecule is CC12CCC3C4CCC(O)CC4=CCC3C1CCC2C(=O)Cn1ccnc1. The van der Waals surface area contributed by atoms with E-state index in [2.05, 4.69) is 18.0 Å². The monoisotopic (exact) mass is 368 g/mol. The van der Waals surface area contributed by atoms with Crippen LogP contribution in [-0.2, 0) is 11.3 Å². The number of aliphatic hydroxyl groups excluding tert-OH is 1. The van der Waals surface area contributed by atoms with Crippen LogP contribution in [0, 0.1) is 35.0 Å². The number of hydrogen-bond donors (Lipinski definition) is 1. The summed E-state index contributed by atoms with van der Waals surface area (Å²) >= 11 is 0. The molecule has 5 rings (SSSR count). The average molecular weight is 369 g/mol. The van der Waals surface area contributed by atoms with E-state index in [9.17, 15) is 9.90 Å². The molecule has 0 radical (unpaired) electrons. The lowest BCUT2D eigenvalue weighted by molar-refractivity contribution is -0.129. The first-order chi connectivity index (χ1) is 13.1. The number of fused-ring (bicyclic) bond motifs is 5. The molecule has 0 saturated heterocycles. The van der Waals surface area contributed by atoms with Crippen molar-refractivity contribution in [2.75, 3.05) is 0 Å². The van der Waals surface area contributed by atoms with Gasteiger partial charge in [-0.15, -0.1) is 0 Å². The van der Waals surface area contributed by atoms with Crippen molar-refractivity contribution in [3.63, 3.8) is 0 Å². The molecule has 3 fully saturated rings. The van der Waals surface area contributed by atoms with Crippen LogP contribution in [0.5, 0.6) is 0 Å². The van der Waals surface area contributed by atoms with E-state index in [-0.39, 0.29) is 17.4 Å². The molecular formula is C23H32N2O2. The summed E-state index contributed by atoms with van der Waals surface area (Å²) in [5.74, 6) is 3.56. The van der Waals surface area contributed by atoms with Gasteiger partial charge in [0.05, 0.1) is 19.0 Å². The lowest BCUT2D eigenvalue weighted by Crippen LogP contribution is -2.47. The first kappa shape index (κ1) is 17.7. The second-order valence-electron chi connectivity index (χ2n) is 9.87. The Hall–Kier alpha value is -1.42. The molecule has 27 heavy (non-hydrogen) atoms. The molecule has 7 atom stereocenters. The van der Waals surface area contributed by atoms with Gasteiger partial charge in [-0.3, -0.25) is 4.79 Å². The normalized spacial score (nSPS) is 43.4. The number of allylic oxidation sites excluding steroid dienone is 1. The van der Waals surface area contributed by atoms with Gasteiger partial charge < -0.3 is 9.67 Å². The molecule has 7 unspecified atom stereocenters. The smallest absolute Gasteiger partial charge is 0.156 e. The summed E-state index contributed by atoms with van der Waals surface area (Å²) in [6.45, 7) is 2.90. The van der Waals surface area contributed by atoms with Crippen LogP contribution in [0.4, 0.5) is 0 Å². The Morgan fingerprint density at radius 1 is 1.26 bits per heavy atom. The van der Waals surface area contributed by atoms with Crippen LogP contribution in [0.2, 0.25) is 0 Å². The molecule has 146 valence electrons. The van der Waals surface area contributed by atoms with Crippen LogP contribution in [0.1, 0.15) is 58.3 Å². The van der Waals surface area contributed by atoms with Gasteiger partial charge in [-0.25, -0.2) is 4.98 Å². The van der Waals surface area contributed by atoms with Gasteiger partial charge in [0.25, 0.3) is 0 Å². The van der Waals surface area contributed by atoms with Gasteiger partial charge in [-0.05, 0) is 80.5 Å². The fourth-order valence-corrected chi connectivity index (χ4v) is 7.45. The minimum atomic E-state index is -0.116. The highest BCUT2D eigenvalue weighted by Crippen LogP contribution is 2.63. The van der Waals surface area contributed by atoms with Gasteiger partial charge in [0, 0.05) is 18.3 Å². The zero-order chi connectivity index (χ0) is 18.6. The molecule has 4 nitrogen and oxygen atoms in total. The van der Waals surface area contributed by atoms with Gasteiger partial charge in [-0.2, -0.15) is 0 Å². The molecule has 4 aliphatic carbocycles. The molecule has 1 N–H and O–H groups in total. The summed E-state index contributed by atoms with van der Waals surface area (Å²) < 4.78 is 1.92. The fourth-order valence-electron chi connectivity index (χ4n) is 7.45. The van der Waals surface area contributed by atoms with Crippen LogP contribution in [0.3, 0.4) is 0 Å². The molecule has 1 aromatic rings.